The van der Waals surface area contributed by atoms with E-state index in [4.69, 9.17) is 14.6 Å². The molecule has 8 heteroatoms. The van der Waals surface area contributed by atoms with Crippen LogP contribution in [0.1, 0.15) is 19.8 Å². The second kappa shape index (κ2) is 10.0. The number of rotatable bonds is 9. The fraction of sp³-hybridized carbons (Fsp3) is 0.400. The summed E-state index contributed by atoms with van der Waals surface area (Å²) in [6.45, 7) is 2.11. The molecule has 0 heterocycles. The van der Waals surface area contributed by atoms with Gasteiger partial charge in [-0.05, 0) is 37.6 Å². The summed E-state index contributed by atoms with van der Waals surface area (Å²) >= 11 is 0. The molecule has 1 aromatic rings. The number of hydrogen-bond acceptors (Lipinski definition) is 5. The topological polar surface area (TPSA) is 114 Å². The molecule has 0 bridgehead atoms. The van der Waals surface area contributed by atoms with Crippen molar-refractivity contribution in [1.29, 1.82) is 0 Å². The van der Waals surface area contributed by atoms with Crippen LogP contribution in [0, 0.1) is 0 Å². The van der Waals surface area contributed by atoms with Crippen LogP contribution in [0.2, 0.25) is 0 Å². The lowest BCUT2D eigenvalue weighted by atomic mass is 10.3. The van der Waals surface area contributed by atoms with Gasteiger partial charge in [0.2, 0.25) is 0 Å². The van der Waals surface area contributed by atoms with Crippen molar-refractivity contribution in [2.45, 2.75) is 19.8 Å². The first-order chi connectivity index (χ1) is 11.0. The van der Waals surface area contributed by atoms with Crippen molar-refractivity contribution in [2.75, 3.05) is 25.1 Å². The van der Waals surface area contributed by atoms with E-state index in [0.29, 0.717) is 24.5 Å². The fourth-order valence-corrected chi connectivity index (χ4v) is 1.60. The SMILES string of the molecule is CCOC(=O)COc1ccc(NC(=O)NCCCC(=O)O)cc1. The summed E-state index contributed by atoms with van der Waals surface area (Å²) in [6.07, 6.45) is 0.371. The molecule has 0 unspecified atom stereocenters. The van der Waals surface area contributed by atoms with Crippen LogP contribution < -0.4 is 15.4 Å². The average Bonchev–Trinajstić information content (AvgIpc) is 2.51. The molecule has 0 aliphatic rings. The number of carboxylic acids is 1. The molecule has 0 aliphatic carbocycles. The normalized spacial score (nSPS) is 9.78. The van der Waals surface area contributed by atoms with Gasteiger partial charge in [0.15, 0.2) is 6.61 Å². The Morgan fingerprint density at radius 3 is 2.48 bits per heavy atom. The minimum Gasteiger partial charge on any atom is -0.482 e. The van der Waals surface area contributed by atoms with E-state index >= 15 is 0 Å². The maximum Gasteiger partial charge on any atom is 0.344 e. The van der Waals surface area contributed by atoms with Crippen molar-refractivity contribution in [3.63, 3.8) is 0 Å². The Morgan fingerprint density at radius 2 is 1.87 bits per heavy atom. The zero-order valence-corrected chi connectivity index (χ0v) is 12.8. The van der Waals surface area contributed by atoms with Crippen molar-refractivity contribution in [1.82, 2.24) is 5.32 Å². The molecule has 0 radical (unpaired) electrons. The second-order valence-electron chi connectivity index (χ2n) is 4.50. The van der Waals surface area contributed by atoms with Crippen molar-refractivity contribution >= 4 is 23.7 Å². The minimum atomic E-state index is -0.898. The Kier molecular flexibility index (Phi) is 7.98. The van der Waals surface area contributed by atoms with Crippen LogP contribution >= 0.6 is 0 Å². The Balaban J connectivity index is 2.31. The Morgan fingerprint density at radius 1 is 1.17 bits per heavy atom. The van der Waals surface area contributed by atoms with Gasteiger partial charge in [-0.3, -0.25) is 4.79 Å². The highest BCUT2D eigenvalue weighted by Crippen LogP contribution is 2.15. The molecule has 8 nitrogen and oxygen atoms in total. The number of carboxylic acid groups (broad SMARTS) is 1. The van der Waals surface area contributed by atoms with Gasteiger partial charge in [-0.2, -0.15) is 0 Å². The van der Waals surface area contributed by atoms with Crippen LogP contribution in [-0.4, -0.2) is 42.8 Å². The number of carbonyl (C=O) groups excluding carboxylic acids is 2. The van der Waals surface area contributed by atoms with E-state index in [-0.39, 0.29) is 19.6 Å². The van der Waals surface area contributed by atoms with Gasteiger partial charge in [0.1, 0.15) is 5.75 Å². The maximum atomic E-state index is 11.6. The highest BCUT2D eigenvalue weighted by molar-refractivity contribution is 5.89. The summed E-state index contributed by atoms with van der Waals surface area (Å²) in [6, 6.07) is 6.04. The van der Waals surface area contributed by atoms with Crippen LogP contribution in [0.4, 0.5) is 10.5 Å². The van der Waals surface area contributed by atoms with E-state index in [1.54, 1.807) is 31.2 Å². The van der Waals surface area contributed by atoms with E-state index in [9.17, 15) is 14.4 Å². The number of carbonyl (C=O) groups is 3. The monoisotopic (exact) mass is 324 g/mol. The minimum absolute atomic E-state index is 0.00673. The average molecular weight is 324 g/mol. The maximum absolute atomic E-state index is 11.6. The van der Waals surface area contributed by atoms with Gasteiger partial charge in [-0.15, -0.1) is 0 Å². The first kappa shape index (κ1) is 18.3. The van der Waals surface area contributed by atoms with Gasteiger partial charge in [-0.25, -0.2) is 9.59 Å². The Hall–Kier alpha value is -2.77. The molecule has 0 fully saturated rings. The van der Waals surface area contributed by atoms with E-state index < -0.39 is 18.0 Å². The number of ether oxygens (including phenoxy) is 2. The summed E-state index contributed by atoms with van der Waals surface area (Å²) in [5.74, 6) is -0.869. The summed E-state index contributed by atoms with van der Waals surface area (Å²) in [5.41, 5.74) is 0.546. The van der Waals surface area contributed by atoms with Crippen molar-refractivity contribution in [3.8, 4) is 5.75 Å². The molecular weight excluding hydrogens is 304 g/mol. The standard InChI is InChI=1S/C15H20N2O6/c1-2-22-14(20)10-23-12-7-5-11(6-8-12)17-15(21)16-9-3-4-13(18)19/h5-8H,2-4,9-10H2,1H3,(H,18,19)(H2,16,17,21). The van der Waals surface area contributed by atoms with Crippen LogP contribution in [0.5, 0.6) is 5.75 Å². The van der Waals surface area contributed by atoms with Gasteiger partial charge >= 0.3 is 18.0 Å². The summed E-state index contributed by atoms with van der Waals surface area (Å²) in [5, 5.41) is 13.6. The molecule has 2 amide bonds. The molecule has 0 atom stereocenters. The van der Waals surface area contributed by atoms with Gasteiger partial charge in [0.25, 0.3) is 0 Å². The number of anilines is 1. The molecule has 0 aromatic heterocycles. The second-order valence-corrected chi connectivity index (χ2v) is 4.50. The van der Waals surface area contributed by atoms with Crippen LogP contribution in [-0.2, 0) is 14.3 Å². The molecule has 1 rings (SSSR count). The van der Waals surface area contributed by atoms with Gasteiger partial charge < -0.3 is 25.2 Å². The predicted octanol–water partition coefficient (Wildman–Crippen LogP) is 1.61. The van der Waals surface area contributed by atoms with Crippen molar-refractivity contribution in [2.24, 2.45) is 0 Å². The van der Waals surface area contributed by atoms with Gasteiger partial charge in [-0.1, -0.05) is 0 Å². The van der Waals surface area contributed by atoms with E-state index in [0.717, 1.165) is 0 Å². The third-order valence-corrected chi connectivity index (χ3v) is 2.63. The first-order valence-electron chi connectivity index (χ1n) is 7.16. The summed E-state index contributed by atoms with van der Waals surface area (Å²) in [4.78, 5) is 33.0. The highest BCUT2D eigenvalue weighted by Gasteiger charge is 2.05. The van der Waals surface area contributed by atoms with Crippen LogP contribution in [0.15, 0.2) is 24.3 Å². The lowest BCUT2D eigenvalue weighted by Gasteiger charge is -2.09. The molecule has 0 saturated carbocycles. The van der Waals surface area contributed by atoms with Gasteiger partial charge in [0.05, 0.1) is 6.61 Å². The number of esters is 1. The van der Waals surface area contributed by atoms with Crippen LogP contribution in [0.25, 0.3) is 0 Å². The Bertz CT molecular complexity index is 529. The number of benzene rings is 1. The Labute approximate surface area is 133 Å². The van der Waals surface area contributed by atoms with Crippen molar-refractivity contribution < 1.29 is 29.0 Å². The predicted molar refractivity (Wildman–Crippen MR) is 82.5 cm³/mol. The first-order valence-corrected chi connectivity index (χ1v) is 7.16. The smallest absolute Gasteiger partial charge is 0.344 e. The lowest BCUT2D eigenvalue weighted by Crippen LogP contribution is -2.29. The van der Waals surface area contributed by atoms with E-state index in [1.165, 1.54) is 0 Å². The molecule has 0 aliphatic heterocycles. The zero-order valence-electron chi connectivity index (χ0n) is 12.8. The van der Waals surface area contributed by atoms with Crippen LogP contribution in [0.3, 0.4) is 0 Å². The molecule has 0 saturated heterocycles. The largest absolute Gasteiger partial charge is 0.482 e. The fourth-order valence-electron chi connectivity index (χ4n) is 1.60. The molecule has 126 valence electrons. The third kappa shape index (κ3) is 8.30. The molecule has 0 spiro atoms. The molecule has 3 N–H and O–H groups in total. The quantitative estimate of drug-likeness (QED) is 0.470. The van der Waals surface area contributed by atoms with Crippen molar-refractivity contribution in [3.05, 3.63) is 24.3 Å². The van der Waals surface area contributed by atoms with E-state index in [1.807, 2.05) is 0 Å². The zero-order chi connectivity index (χ0) is 17.1. The highest BCUT2D eigenvalue weighted by atomic mass is 16.6. The van der Waals surface area contributed by atoms with E-state index in [2.05, 4.69) is 10.6 Å². The number of nitrogens with one attached hydrogen (secondary N) is 2. The molecule has 1 aromatic carbocycles. The third-order valence-electron chi connectivity index (χ3n) is 2.63. The number of amides is 2. The molecular formula is C15H20N2O6. The van der Waals surface area contributed by atoms with Gasteiger partial charge in [0, 0.05) is 18.7 Å². The number of aliphatic carboxylic acids is 1. The number of urea groups is 1. The summed E-state index contributed by atoms with van der Waals surface area (Å²) < 4.78 is 9.96. The number of hydrogen-bond donors (Lipinski definition) is 3. The lowest BCUT2D eigenvalue weighted by molar-refractivity contribution is -0.145. The molecule has 23 heavy (non-hydrogen) atoms. The summed E-state index contributed by atoms with van der Waals surface area (Å²) in [7, 11) is 0.